The van der Waals surface area contributed by atoms with Crippen LogP contribution < -0.4 is 21.6 Å². The van der Waals surface area contributed by atoms with Crippen LogP contribution in [0.5, 0.6) is 0 Å². The highest BCUT2D eigenvalue weighted by atomic mass is 35.5. The number of anilines is 3. The van der Waals surface area contributed by atoms with Gasteiger partial charge in [-0.15, -0.1) is 0 Å². The second kappa shape index (κ2) is 10.7. The first-order valence-electron chi connectivity index (χ1n) is 8.72. The maximum Gasteiger partial charge on any atom is 0.239 e. The molecule has 0 aliphatic rings. The van der Waals surface area contributed by atoms with Gasteiger partial charge in [-0.05, 0) is 24.3 Å². The van der Waals surface area contributed by atoms with Crippen LogP contribution in [-0.2, 0) is 0 Å². The number of hydrogen-bond donors (Lipinski definition) is 2. The number of rotatable bonds is 3. The number of fused-ring (bicyclic) bond motifs is 1. The molecule has 0 spiro atoms. The van der Waals surface area contributed by atoms with Gasteiger partial charge in [0, 0.05) is 17.8 Å². The van der Waals surface area contributed by atoms with Crippen LogP contribution in [0.15, 0.2) is 36.4 Å². The molecule has 2 aromatic carbocycles. The second-order valence-electron chi connectivity index (χ2n) is 4.95. The Hall–Kier alpha value is -2.38. The van der Waals surface area contributed by atoms with Crippen LogP contribution in [0.25, 0.3) is 10.9 Å². The molecular weight excluding hydrogens is 364 g/mol. The number of nitrogens with two attached hydrogens (primary N) is 1. The standard InChI is InChI=1S/C15H12BClFN5.2C2H6/c1-23(10-4-2-3-8(16)5-10)14-13-11(18)6-9(17)7-12(13)20-15(21-14)22-19;2*1-2/h2-7H,19H2,1H3,(H,20,21,22);2*1-2H3. The van der Waals surface area contributed by atoms with E-state index >= 15 is 0 Å². The normalized spacial score (nSPS) is 9.63. The molecule has 3 rings (SSSR count). The summed E-state index contributed by atoms with van der Waals surface area (Å²) in [4.78, 5) is 10.1. The molecule has 27 heavy (non-hydrogen) atoms. The minimum Gasteiger partial charge on any atom is -0.329 e. The fourth-order valence-electron chi connectivity index (χ4n) is 2.33. The summed E-state index contributed by atoms with van der Waals surface area (Å²) in [6.07, 6.45) is 0. The summed E-state index contributed by atoms with van der Waals surface area (Å²) in [5.74, 6) is 5.40. The molecule has 1 aromatic heterocycles. The van der Waals surface area contributed by atoms with E-state index in [4.69, 9.17) is 25.3 Å². The van der Waals surface area contributed by atoms with Gasteiger partial charge in [-0.2, -0.15) is 4.98 Å². The summed E-state index contributed by atoms with van der Waals surface area (Å²) >= 11 is 5.91. The number of hydrazine groups is 1. The van der Waals surface area contributed by atoms with Crippen molar-refractivity contribution in [2.75, 3.05) is 17.4 Å². The van der Waals surface area contributed by atoms with Crippen LogP contribution >= 0.6 is 11.6 Å². The average Bonchev–Trinajstić information content (AvgIpc) is 2.69. The molecule has 3 N–H and O–H groups in total. The lowest BCUT2D eigenvalue weighted by Gasteiger charge is -2.21. The van der Waals surface area contributed by atoms with Crippen LogP contribution in [0.3, 0.4) is 0 Å². The molecule has 142 valence electrons. The van der Waals surface area contributed by atoms with Crippen LogP contribution in [0.1, 0.15) is 27.7 Å². The Morgan fingerprint density at radius 2 is 1.78 bits per heavy atom. The van der Waals surface area contributed by atoms with Gasteiger partial charge in [0.25, 0.3) is 0 Å². The minimum absolute atomic E-state index is 0.157. The summed E-state index contributed by atoms with van der Waals surface area (Å²) in [5.41, 5.74) is 4.07. The smallest absolute Gasteiger partial charge is 0.239 e. The number of benzene rings is 2. The van der Waals surface area contributed by atoms with E-state index in [-0.39, 0.29) is 16.4 Å². The first kappa shape index (κ1) is 22.7. The van der Waals surface area contributed by atoms with Gasteiger partial charge in [0.1, 0.15) is 19.5 Å². The summed E-state index contributed by atoms with van der Waals surface area (Å²) in [6, 6.07) is 9.95. The van der Waals surface area contributed by atoms with Gasteiger partial charge >= 0.3 is 0 Å². The number of halogens is 2. The van der Waals surface area contributed by atoms with Crippen molar-refractivity contribution >= 4 is 53.3 Å². The van der Waals surface area contributed by atoms with E-state index in [0.717, 1.165) is 5.69 Å². The lowest BCUT2D eigenvalue weighted by Crippen LogP contribution is -2.18. The van der Waals surface area contributed by atoms with Crippen molar-refractivity contribution in [3.8, 4) is 0 Å². The fourth-order valence-corrected chi connectivity index (χ4v) is 2.53. The van der Waals surface area contributed by atoms with Gasteiger partial charge in [-0.1, -0.05) is 56.9 Å². The number of nitrogen functional groups attached to an aromatic ring is 1. The highest BCUT2D eigenvalue weighted by Gasteiger charge is 2.17. The van der Waals surface area contributed by atoms with E-state index in [1.807, 2.05) is 33.8 Å². The molecule has 0 unspecified atom stereocenters. The van der Waals surface area contributed by atoms with E-state index < -0.39 is 5.82 Å². The molecule has 0 fully saturated rings. The van der Waals surface area contributed by atoms with Crippen LogP contribution in [0.4, 0.5) is 21.8 Å². The molecular formula is C19H24BClFN5. The number of hydrogen-bond acceptors (Lipinski definition) is 5. The van der Waals surface area contributed by atoms with E-state index in [1.54, 1.807) is 36.2 Å². The van der Waals surface area contributed by atoms with Crippen molar-refractivity contribution < 1.29 is 4.39 Å². The summed E-state index contributed by atoms with van der Waals surface area (Å²) in [5, 5.41) is 0.493. The van der Waals surface area contributed by atoms with Crippen molar-refractivity contribution in [2.45, 2.75) is 27.7 Å². The molecule has 0 bridgehead atoms. The third-order valence-corrected chi connectivity index (χ3v) is 3.62. The van der Waals surface area contributed by atoms with Gasteiger partial charge in [0.15, 0.2) is 0 Å². The first-order chi connectivity index (χ1) is 13.0. The second-order valence-corrected chi connectivity index (χ2v) is 5.39. The van der Waals surface area contributed by atoms with E-state index in [1.165, 1.54) is 6.07 Å². The van der Waals surface area contributed by atoms with Crippen LogP contribution in [-0.4, -0.2) is 24.9 Å². The number of aromatic nitrogens is 2. The van der Waals surface area contributed by atoms with E-state index in [9.17, 15) is 4.39 Å². The minimum atomic E-state index is -0.512. The summed E-state index contributed by atoms with van der Waals surface area (Å²) in [7, 11) is 7.56. The monoisotopic (exact) mass is 387 g/mol. The molecule has 0 saturated heterocycles. The lowest BCUT2D eigenvalue weighted by molar-refractivity contribution is 0.639. The molecule has 1 heterocycles. The summed E-state index contributed by atoms with van der Waals surface area (Å²) in [6.45, 7) is 8.00. The van der Waals surface area contributed by atoms with Gasteiger partial charge in [-0.25, -0.2) is 15.2 Å². The van der Waals surface area contributed by atoms with Gasteiger partial charge in [0.2, 0.25) is 5.95 Å². The molecule has 2 radical (unpaired) electrons. The maximum atomic E-state index is 14.4. The zero-order valence-electron chi connectivity index (χ0n) is 16.2. The molecule has 8 heteroatoms. The molecule has 0 aliphatic carbocycles. The predicted octanol–water partition coefficient (Wildman–Crippen LogP) is 4.32. The van der Waals surface area contributed by atoms with Crippen molar-refractivity contribution in [2.24, 2.45) is 5.84 Å². The van der Waals surface area contributed by atoms with Crippen LogP contribution in [0.2, 0.25) is 5.02 Å². The van der Waals surface area contributed by atoms with Gasteiger partial charge in [0.05, 0.1) is 10.9 Å². The quantitative estimate of drug-likeness (QED) is 0.398. The molecule has 0 aliphatic heterocycles. The predicted molar refractivity (Wildman–Crippen MR) is 115 cm³/mol. The van der Waals surface area contributed by atoms with Gasteiger partial charge < -0.3 is 4.90 Å². The van der Waals surface area contributed by atoms with Crippen molar-refractivity contribution in [1.82, 2.24) is 9.97 Å². The van der Waals surface area contributed by atoms with Gasteiger partial charge in [-0.3, -0.25) is 5.43 Å². The number of nitrogens with one attached hydrogen (secondary N) is 1. The Morgan fingerprint density at radius 3 is 2.37 bits per heavy atom. The first-order valence-corrected chi connectivity index (χ1v) is 9.10. The summed E-state index contributed by atoms with van der Waals surface area (Å²) < 4.78 is 14.4. The van der Waals surface area contributed by atoms with Crippen molar-refractivity contribution in [1.29, 1.82) is 0 Å². The highest BCUT2D eigenvalue weighted by molar-refractivity contribution is 6.32. The van der Waals surface area contributed by atoms with Crippen molar-refractivity contribution in [3.05, 3.63) is 47.2 Å². The number of nitrogens with zero attached hydrogens (tertiary/aromatic N) is 3. The highest BCUT2D eigenvalue weighted by Crippen LogP contribution is 2.32. The Labute approximate surface area is 166 Å². The molecule has 0 saturated carbocycles. The zero-order valence-corrected chi connectivity index (χ0v) is 17.0. The maximum absolute atomic E-state index is 14.4. The molecule has 5 nitrogen and oxygen atoms in total. The molecule has 0 atom stereocenters. The molecule has 3 aromatic rings. The Morgan fingerprint density at radius 1 is 1.11 bits per heavy atom. The van der Waals surface area contributed by atoms with Crippen LogP contribution in [0, 0.1) is 5.82 Å². The third-order valence-electron chi connectivity index (χ3n) is 3.40. The Balaban J connectivity index is 0.000000855. The van der Waals surface area contributed by atoms with E-state index in [2.05, 4.69) is 15.4 Å². The fraction of sp³-hybridized carbons (Fsp3) is 0.263. The SMILES string of the molecule is CC.CC.[B]c1cccc(N(C)c2nc(NN)nc3cc(Cl)cc(F)c23)c1. The topological polar surface area (TPSA) is 67.1 Å². The average molecular weight is 388 g/mol. The lowest BCUT2D eigenvalue weighted by atomic mass is 9.96. The largest absolute Gasteiger partial charge is 0.329 e. The zero-order chi connectivity index (χ0) is 20.6. The Bertz CT molecular complexity index is 891. The van der Waals surface area contributed by atoms with Crippen molar-refractivity contribution in [3.63, 3.8) is 0 Å². The third kappa shape index (κ3) is 5.31. The van der Waals surface area contributed by atoms with E-state index in [0.29, 0.717) is 16.8 Å². The Kier molecular flexibility index (Phi) is 8.98. The molecule has 0 amide bonds.